The molecular weight excluding hydrogens is 261 g/mol. The monoisotopic (exact) mass is 271 g/mol. The molecule has 0 saturated heterocycles. The predicted octanol–water partition coefficient (Wildman–Crippen LogP) is 2.89. The fourth-order valence-corrected chi connectivity index (χ4v) is 2.49. The summed E-state index contributed by atoms with van der Waals surface area (Å²) in [5, 5.41) is 0. The fourth-order valence-electron chi connectivity index (χ4n) is 1.95. The van der Waals surface area contributed by atoms with Crippen LogP contribution in [0.4, 0.5) is 10.1 Å². The van der Waals surface area contributed by atoms with E-state index in [-0.39, 0.29) is 11.9 Å². The van der Waals surface area contributed by atoms with Crippen LogP contribution in [0, 0.1) is 5.82 Å². The number of fused-ring (bicyclic) bond motifs is 1. The minimum absolute atomic E-state index is 0.187. The molecule has 0 bridgehead atoms. The first kappa shape index (κ1) is 10.6. The number of hydrogen-bond donors (Lipinski definition) is 0. The lowest BCUT2D eigenvalue weighted by Gasteiger charge is -2.32. The zero-order valence-corrected chi connectivity index (χ0v) is 9.92. The first-order valence-corrected chi connectivity index (χ1v) is 5.65. The van der Waals surface area contributed by atoms with Gasteiger partial charge in [-0.05, 0) is 53.4 Å². The third-order valence-electron chi connectivity index (χ3n) is 2.85. The molecule has 0 aromatic heterocycles. The van der Waals surface area contributed by atoms with Gasteiger partial charge in [0.25, 0.3) is 0 Å². The van der Waals surface area contributed by atoms with Gasteiger partial charge in [-0.15, -0.1) is 0 Å². The van der Waals surface area contributed by atoms with E-state index >= 15 is 0 Å². The third-order valence-corrected chi connectivity index (χ3v) is 3.71. The molecule has 0 saturated carbocycles. The largest absolute Gasteiger partial charge is 0.312 e. The van der Waals surface area contributed by atoms with Gasteiger partial charge >= 0.3 is 0 Å². The lowest BCUT2D eigenvalue weighted by Crippen LogP contribution is -2.36. The highest BCUT2D eigenvalue weighted by Gasteiger charge is 2.25. The molecule has 15 heavy (non-hydrogen) atoms. The summed E-state index contributed by atoms with van der Waals surface area (Å²) in [4.78, 5) is 12.6. The SMILES string of the molecule is C[C@H]1CCc2c(ccc(F)c2Br)N1C=O. The molecular formula is C11H11BrFNO. The molecule has 4 heteroatoms. The standard InChI is InChI=1S/C11H11BrFNO/c1-7-2-3-8-10(14(7)6-15)5-4-9(13)11(8)12/h4-7H,2-3H2,1H3/t7-/m0/s1. The van der Waals surface area contributed by atoms with Crippen molar-refractivity contribution in [3.05, 3.63) is 28.0 Å². The zero-order chi connectivity index (χ0) is 11.0. The third kappa shape index (κ3) is 1.67. The van der Waals surface area contributed by atoms with Crippen molar-refractivity contribution in [2.45, 2.75) is 25.8 Å². The van der Waals surface area contributed by atoms with Crippen molar-refractivity contribution in [3.8, 4) is 0 Å². The minimum atomic E-state index is -0.269. The normalized spacial score (nSPS) is 19.9. The molecule has 0 fully saturated rings. The molecule has 1 aliphatic heterocycles. The molecule has 0 N–H and O–H groups in total. The summed E-state index contributed by atoms with van der Waals surface area (Å²) in [6, 6.07) is 3.24. The van der Waals surface area contributed by atoms with E-state index < -0.39 is 0 Å². The second kappa shape index (κ2) is 3.93. The van der Waals surface area contributed by atoms with Crippen LogP contribution in [-0.2, 0) is 11.2 Å². The quantitative estimate of drug-likeness (QED) is 0.720. The number of rotatable bonds is 1. The summed E-state index contributed by atoms with van der Waals surface area (Å²) in [6.45, 7) is 1.99. The molecule has 1 aliphatic rings. The predicted molar refractivity (Wildman–Crippen MR) is 60.4 cm³/mol. The van der Waals surface area contributed by atoms with Crippen LogP contribution >= 0.6 is 15.9 Å². The average Bonchev–Trinajstić information content (AvgIpc) is 2.23. The topological polar surface area (TPSA) is 20.3 Å². The molecule has 1 heterocycles. The van der Waals surface area contributed by atoms with E-state index in [1.54, 1.807) is 11.0 Å². The Morgan fingerprint density at radius 1 is 1.60 bits per heavy atom. The van der Waals surface area contributed by atoms with E-state index in [4.69, 9.17) is 0 Å². The molecule has 2 rings (SSSR count). The molecule has 0 spiro atoms. The Balaban J connectivity index is 2.56. The van der Waals surface area contributed by atoms with Crippen LogP contribution in [0.1, 0.15) is 18.9 Å². The average molecular weight is 272 g/mol. The van der Waals surface area contributed by atoms with Crippen molar-refractivity contribution < 1.29 is 9.18 Å². The van der Waals surface area contributed by atoms with Crippen molar-refractivity contribution in [3.63, 3.8) is 0 Å². The number of hydrogen-bond acceptors (Lipinski definition) is 1. The Morgan fingerprint density at radius 2 is 2.33 bits per heavy atom. The second-order valence-electron chi connectivity index (χ2n) is 3.76. The lowest BCUT2D eigenvalue weighted by molar-refractivity contribution is -0.107. The van der Waals surface area contributed by atoms with Crippen LogP contribution in [0.15, 0.2) is 16.6 Å². The molecule has 1 aromatic rings. The Kier molecular flexibility index (Phi) is 2.78. The molecule has 0 radical (unpaired) electrons. The van der Waals surface area contributed by atoms with Crippen LogP contribution in [0.25, 0.3) is 0 Å². The fraction of sp³-hybridized carbons (Fsp3) is 0.364. The Labute approximate surface area is 96.2 Å². The summed E-state index contributed by atoms with van der Waals surface area (Å²) in [7, 11) is 0. The van der Waals surface area contributed by atoms with Gasteiger partial charge in [0.05, 0.1) is 4.47 Å². The maximum absolute atomic E-state index is 13.3. The highest BCUT2D eigenvalue weighted by Crippen LogP contribution is 2.35. The van der Waals surface area contributed by atoms with E-state index in [0.29, 0.717) is 4.47 Å². The van der Waals surface area contributed by atoms with E-state index in [2.05, 4.69) is 15.9 Å². The number of amides is 1. The van der Waals surface area contributed by atoms with Gasteiger partial charge in [0.1, 0.15) is 5.82 Å². The number of anilines is 1. The summed E-state index contributed by atoms with van der Waals surface area (Å²) in [5.41, 5.74) is 1.71. The van der Waals surface area contributed by atoms with Gasteiger partial charge in [-0.1, -0.05) is 0 Å². The Hall–Kier alpha value is -0.900. The first-order chi connectivity index (χ1) is 7.15. The molecule has 1 atom stereocenters. The number of halogens is 2. The van der Waals surface area contributed by atoms with E-state index in [9.17, 15) is 9.18 Å². The number of carbonyl (C=O) groups is 1. The Bertz CT molecular complexity index is 408. The van der Waals surface area contributed by atoms with Crippen molar-refractivity contribution in [1.29, 1.82) is 0 Å². The summed E-state index contributed by atoms with van der Waals surface area (Å²) < 4.78 is 13.8. The van der Waals surface area contributed by atoms with Crippen LogP contribution in [-0.4, -0.2) is 12.5 Å². The second-order valence-corrected chi connectivity index (χ2v) is 4.55. The molecule has 2 nitrogen and oxygen atoms in total. The minimum Gasteiger partial charge on any atom is -0.312 e. The number of benzene rings is 1. The molecule has 0 aliphatic carbocycles. The van der Waals surface area contributed by atoms with E-state index in [1.807, 2.05) is 6.92 Å². The number of carbonyl (C=O) groups excluding carboxylic acids is 1. The van der Waals surface area contributed by atoms with Crippen LogP contribution in [0.3, 0.4) is 0 Å². The van der Waals surface area contributed by atoms with Crippen LogP contribution < -0.4 is 4.90 Å². The van der Waals surface area contributed by atoms with Crippen molar-refractivity contribution in [2.75, 3.05) is 4.90 Å². The molecule has 0 unspecified atom stereocenters. The highest BCUT2D eigenvalue weighted by molar-refractivity contribution is 9.10. The summed E-state index contributed by atoms with van der Waals surface area (Å²) in [5.74, 6) is -0.269. The zero-order valence-electron chi connectivity index (χ0n) is 8.34. The van der Waals surface area contributed by atoms with Gasteiger partial charge in [0.15, 0.2) is 0 Å². The lowest BCUT2D eigenvalue weighted by atomic mass is 9.97. The van der Waals surface area contributed by atoms with Crippen LogP contribution in [0.2, 0.25) is 0 Å². The molecule has 1 amide bonds. The molecule has 80 valence electrons. The van der Waals surface area contributed by atoms with Gasteiger partial charge in [0.2, 0.25) is 6.41 Å². The van der Waals surface area contributed by atoms with Gasteiger partial charge in [-0.2, -0.15) is 0 Å². The maximum Gasteiger partial charge on any atom is 0.214 e. The van der Waals surface area contributed by atoms with E-state index in [1.165, 1.54) is 6.07 Å². The summed E-state index contributed by atoms with van der Waals surface area (Å²) >= 11 is 3.22. The highest BCUT2D eigenvalue weighted by atomic mass is 79.9. The van der Waals surface area contributed by atoms with Gasteiger partial charge in [-0.3, -0.25) is 4.79 Å². The summed E-state index contributed by atoms with van der Waals surface area (Å²) in [6.07, 6.45) is 2.49. The van der Waals surface area contributed by atoms with Crippen molar-refractivity contribution >= 4 is 28.0 Å². The van der Waals surface area contributed by atoms with Gasteiger partial charge < -0.3 is 4.90 Å². The number of nitrogens with zero attached hydrogens (tertiary/aromatic N) is 1. The van der Waals surface area contributed by atoms with Gasteiger partial charge in [-0.25, -0.2) is 4.39 Å². The smallest absolute Gasteiger partial charge is 0.214 e. The molecule has 1 aromatic carbocycles. The van der Waals surface area contributed by atoms with Crippen molar-refractivity contribution in [1.82, 2.24) is 0 Å². The van der Waals surface area contributed by atoms with E-state index in [0.717, 1.165) is 30.5 Å². The van der Waals surface area contributed by atoms with Gasteiger partial charge in [0, 0.05) is 11.7 Å². The van der Waals surface area contributed by atoms with Crippen LogP contribution in [0.5, 0.6) is 0 Å². The maximum atomic E-state index is 13.3. The van der Waals surface area contributed by atoms with Crippen molar-refractivity contribution in [2.24, 2.45) is 0 Å². The Morgan fingerprint density at radius 3 is 3.00 bits per heavy atom. The first-order valence-electron chi connectivity index (χ1n) is 4.85.